The van der Waals surface area contributed by atoms with Gasteiger partial charge in [-0.15, -0.1) is 0 Å². The predicted molar refractivity (Wildman–Crippen MR) is 88.4 cm³/mol. The van der Waals surface area contributed by atoms with E-state index in [1.165, 1.54) is 18.3 Å². The first-order valence-electron chi connectivity index (χ1n) is 6.74. The van der Waals surface area contributed by atoms with Crippen molar-refractivity contribution in [3.05, 3.63) is 35.0 Å². The molecule has 1 aliphatic rings. The maximum Gasteiger partial charge on any atom is 0.267 e. The van der Waals surface area contributed by atoms with Crippen LogP contribution in [0, 0.1) is 11.3 Å². The minimum atomic E-state index is -3.03. The summed E-state index contributed by atoms with van der Waals surface area (Å²) in [4.78, 5) is 12.1. The lowest BCUT2D eigenvalue weighted by atomic mass is 10.2. The first-order chi connectivity index (χ1) is 10.8. The summed E-state index contributed by atoms with van der Waals surface area (Å²) in [5.74, 6) is -0.547. The van der Waals surface area contributed by atoms with Crippen LogP contribution in [0.25, 0.3) is 0 Å². The molecule has 0 saturated carbocycles. The smallest absolute Gasteiger partial charge is 0.267 e. The fraction of sp³-hybridized carbons (Fsp3) is 0.286. The summed E-state index contributed by atoms with van der Waals surface area (Å²) < 4.78 is 22.7. The molecule has 0 spiro atoms. The van der Waals surface area contributed by atoms with Crippen LogP contribution in [-0.4, -0.2) is 31.9 Å². The van der Waals surface area contributed by atoms with Gasteiger partial charge in [-0.2, -0.15) is 5.26 Å². The summed E-state index contributed by atoms with van der Waals surface area (Å²) in [6.07, 6.45) is 1.68. The van der Waals surface area contributed by atoms with Crippen LogP contribution in [-0.2, 0) is 14.6 Å². The third kappa shape index (κ3) is 4.61. The Kier molecular flexibility index (Phi) is 5.13. The number of anilines is 2. The average molecular weight is 355 g/mol. The van der Waals surface area contributed by atoms with Crippen molar-refractivity contribution < 1.29 is 13.2 Å². The van der Waals surface area contributed by atoms with E-state index in [2.05, 4.69) is 10.6 Å². The number of benzene rings is 1. The van der Waals surface area contributed by atoms with E-state index >= 15 is 0 Å². The fourth-order valence-electron chi connectivity index (χ4n) is 2.10. The molecule has 1 atom stereocenters. The molecule has 2 rings (SSSR count). The van der Waals surface area contributed by atoms with Crippen molar-refractivity contribution in [1.29, 1.82) is 5.26 Å². The Balaban J connectivity index is 2.04. The third-order valence-corrected chi connectivity index (χ3v) is 5.38. The summed E-state index contributed by atoms with van der Waals surface area (Å²) in [5, 5.41) is 14.6. The molecule has 1 fully saturated rings. The molecule has 1 aromatic carbocycles. The number of sulfone groups is 1. The van der Waals surface area contributed by atoms with Gasteiger partial charge >= 0.3 is 0 Å². The lowest BCUT2D eigenvalue weighted by molar-refractivity contribution is -0.112. The summed E-state index contributed by atoms with van der Waals surface area (Å²) in [6, 6.07) is 6.05. The maximum atomic E-state index is 12.1. The van der Waals surface area contributed by atoms with Crippen molar-refractivity contribution in [2.75, 3.05) is 22.6 Å². The zero-order chi connectivity index (χ0) is 17.0. The summed E-state index contributed by atoms with van der Waals surface area (Å²) in [6.45, 7) is 0. The zero-order valence-corrected chi connectivity index (χ0v) is 13.6. The van der Waals surface area contributed by atoms with Gasteiger partial charge < -0.3 is 16.4 Å². The van der Waals surface area contributed by atoms with Crippen LogP contribution in [0.5, 0.6) is 0 Å². The van der Waals surface area contributed by atoms with Crippen LogP contribution >= 0.6 is 11.6 Å². The molecule has 0 radical (unpaired) electrons. The number of nitrogens with two attached hydrogens (primary N) is 1. The van der Waals surface area contributed by atoms with Crippen molar-refractivity contribution in [3.63, 3.8) is 0 Å². The van der Waals surface area contributed by atoms with Gasteiger partial charge in [-0.05, 0) is 24.6 Å². The largest absolute Gasteiger partial charge is 0.399 e. The second kappa shape index (κ2) is 6.89. The van der Waals surface area contributed by atoms with Gasteiger partial charge in [0.15, 0.2) is 9.84 Å². The van der Waals surface area contributed by atoms with E-state index in [0.29, 0.717) is 17.8 Å². The highest BCUT2D eigenvalue weighted by atomic mass is 35.5. The van der Waals surface area contributed by atoms with E-state index in [9.17, 15) is 13.2 Å². The van der Waals surface area contributed by atoms with Gasteiger partial charge in [0.05, 0.1) is 22.2 Å². The number of hydrogen-bond acceptors (Lipinski definition) is 6. The van der Waals surface area contributed by atoms with Gasteiger partial charge in [-0.25, -0.2) is 8.42 Å². The van der Waals surface area contributed by atoms with E-state index in [-0.39, 0.29) is 28.1 Å². The van der Waals surface area contributed by atoms with E-state index < -0.39 is 15.7 Å². The van der Waals surface area contributed by atoms with Crippen LogP contribution in [0.3, 0.4) is 0 Å². The second-order valence-corrected chi connectivity index (χ2v) is 7.77. The van der Waals surface area contributed by atoms with Gasteiger partial charge in [0.1, 0.15) is 11.6 Å². The number of carbonyl (C=O) groups is 1. The zero-order valence-electron chi connectivity index (χ0n) is 12.0. The van der Waals surface area contributed by atoms with Crippen molar-refractivity contribution in [1.82, 2.24) is 5.32 Å². The number of nitriles is 1. The average Bonchev–Trinajstić information content (AvgIpc) is 2.82. The number of nitrogens with zero attached hydrogens (tertiary/aromatic N) is 1. The minimum Gasteiger partial charge on any atom is -0.399 e. The maximum absolute atomic E-state index is 12.1. The number of hydrogen-bond donors (Lipinski definition) is 3. The van der Waals surface area contributed by atoms with Crippen LogP contribution in [0.2, 0.25) is 5.02 Å². The number of nitrogen functional groups attached to an aromatic ring is 1. The van der Waals surface area contributed by atoms with Gasteiger partial charge in [-0.3, -0.25) is 4.79 Å². The Morgan fingerprint density at radius 3 is 2.78 bits per heavy atom. The molecule has 1 unspecified atom stereocenters. The molecular formula is C14H15ClN4O3S. The summed E-state index contributed by atoms with van der Waals surface area (Å²) >= 11 is 5.95. The molecule has 122 valence electrons. The van der Waals surface area contributed by atoms with Gasteiger partial charge in [0, 0.05) is 17.9 Å². The van der Waals surface area contributed by atoms with Crippen molar-refractivity contribution in [2.24, 2.45) is 0 Å². The highest BCUT2D eigenvalue weighted by Crippen LogP contribution is 2.24. The first kappa shape index (κ1) is 17.1. The highest BCUT2D eigenvalue weighted by molar-refractivity contribution is 7.91. The standard InChI is InChI=1S/C14H15ClN4O3S/c15-12-5-10(17)1-2-13(12)19-14(20)9(6-16)7-18-11-3-4-23(21,22)8-11/h1-2,5,7,11,18H,3-4,8,17H2,(H,19,20)/b9-7-. The fourth-order valence-corrected chi connectivity index (χ4v) is 4.02. The predicted octanol–water partition coefficient (Wildman–Crippen LogP) is 1.04. The van der Waals surface area contributed by atoms with Crippen molar-refractivity contribution >= 4 is 38.7 Å². The van der Waals surface area contributed by atoms with Crippen LogP contribution in [0.15, 0.2) is 30.0 Å². The van der Waals surface area contributed by atoms with Crippen molar-refractivity contribution in [3.8, 4) is 6.07 Å². The Morgan fingerprint density at radius 1 is 1.48 bits per heavy atom. The molecule has 1 aliphatic heterocycles. The molecule has 1 aromatic rings. The molecular weight excluding hydrogens is 340 g/mol. The van der Waals surface area contributed by atoms with Crippen LogP contribution in [0.1, 0.15) is 6.42 Å². The minimum absolute atomic E-state index is 0.00633. The summed E-state index contributed by atoms with van der Waals surface area (Å²) in [7, 11) is -3.03. The van der Waals surface area contributed by atoms with Crippen LogP contribution < -0.4 is 16.4 Å². The van der Waals surface area contributed by atoms with E-state index in [4.69, 9.17) is 22.6 Å². The number of rotatable bonds is 4. The Bertz CT molecular complexity index is 799. The number of nitrogens with one attached hydrogen (secondary N) is 2. The van der Waals surface area contributed by atoms with Gasteiger partial charge in [0.25, 0.3) is 5.91 Å². The molecule has 0 aromatic heterocycles. The van der Waals surface area contributed by atoms with Crippen LogP contribution in [0.4, 0.5) is 11.4 Å². The first-order valence-corrected chi connectivity index (χ1v) is 8.94. The lowest BCUT2D eigenvalue weighted by Gasteiger charge is -2.09. The monoisotopic (exact) mass is 354 g/mol. The Morgan fingerprint density at radius 2 is 2.22 bits per heavy atom. The molecule has 1 heterocycles. The number of carbonyl (C=O) groups excluding carboxylic acids is 1. The molecule has 1 saturated heterocycles. The van der Waals surface area contributed by atoms with E-state index in [1.807, 2.05) is 0 Å². The molecule has 1 amide bonds. The SMILES string of the molecule is N#C/C(=C/NC1CCS(=O)(=O)C1)C(=O)Nc1ccc(N)cc1Cl. The summed E-state index contributed by atoms with van der Waals surface area (Å²) in [5.41, 5.74) is 6.17. The second-order valence-electron chi connectivity index (χ2n) is 5.13. The number of amides is 1. The Labute approximate surface area is 139 Å². The number of halogens is 1. The van der Waals surface area contributed by atoms with E-state index in [1.54, 1.807) is 12.1 Å². The molecule has 4 N–H and O–H groups in total. The van der Waals surface area contributed by atoms with Gasteiger partial charge in [-0.1, -0.05) is 11.6 Å². The molecule has 7 nitrogen and oxygen atoms in total. The molecule has 0 bridgehead atoms. The topological polar surface area (TPSA) is 125 Å². The highest BCUT2D eigenvalue weighted by Gasteiger charge is 2.27. The van der Waals surface area contributed by atoms with E-state index in [0.717, 1.165) is 0 Å². The normalized spacial score (nSPS) is 19.8. The molecule has 23 heavy (non-hydrogen) atoms. The quantitative estimate of drug-likeness (QED) is 0.421. The third-order valence-electron chi connectivity index (χ3n) is 3.30. The lowest BCUT2D eigenvalue weighted by Crippen LogP contribution is -2.27. The molecule has 9 heteroatoms. The van der Waals surface area contributed by atoms with Gasteiger partial charge in [0.2, 0.25) is 0 Å². The molecule has 0 aliphatic carbocycles. The Hall–Kier alpha value is -2.24. The van der Waals surface area contributed by atoms with Crippen molar-refractivity contribution in [2.45, 2.75) is 12.5 Å².